The maximum atomic E-state index is 11.5. The van der Waals surface area contributed by atoms with Crippen molar-refractivity contribution in [2.24, 2.45) is 5.84 Å². The summed E-state index contributed by atoms with van der Waals surface area (Å²) in [6.45, 7) is 7.49. The molecule has 0 aliphatic heterocycles. The first-order chi connectivity index (χ1) is 8.82. The van der Waals surface area contributed by atoms with Crippen LogP contribution < -0.4 is 11.3 Å². The van der Waals surface area contributed by atoms with Crippen molar-refractivity contribution in [3.8, 4) is 0 Å². The molecule has 3 N–H and O–H groups in total. The third-order valence-corrected chi connectivity index (χ3v) is 5.35. The zero-order valence-corrected chi connectivity index (χ0v) is 12.9. The van der Waals surface area contributed by atoms with Crippen molar-refractivity contribution in [3.63, 3.8) is 0 Å². The molecule has 1 atom stereocenters. The van der Waals surface area contributed by atoms with Gasteiger partial charge in [0.1, 0.15) is 21.4 Å². The van der Waals surface area contributed by atoms with Gasteiger partial charge in [-0.1, -0.05) is 6.92 Å². The minimum Gasteiger partial charge on any atom is -0.466 e. The van der Waals surface area contributed by atoms with Crippen molar-refractivity contribution < 1.29 is 12.8 Å². The summed E-state index contributed by atoms with van der Waals surface area (Å²) in [6, 6.07) is -0.0653. The third-order valence-electron chi connectivity index (χ3n) is 3.56. The minimum absolute atomic E-state index is 0.0653. The molecule has 1 unspecified atom stereocenters. The number of sulfone groups is 1. The predicted molar refractivity (Wildman–Crippen MR) is 76.5 cm³/mol. The van der Waals surface area contributed by atoms with E-state index < -0.39 is 9.84 Å². The largest absolute Gasteiger partial charge is 0.466 e. The van der Waals surface area contributed by atoms with Crippen LogP contribution in [-0.2, 0) is 9.84 Å². The average molecular weight is 288 g/mol. The predicted octanol–water partition coefficient (Wildman–Crippen LogP) is 1.92. The summed E-state index contributed by atoms with van der Waals surface area (Å²) in [7, 11) is -2.91. The summed E-state index contributed by atoms with van der Waals surface area (Å²) in [5.74, 6) is 7.72. The van der Waals surface area contributed by atoms with Crippen molar-refractivity contribution in [1.82, 2.24) is 5.43 Å². The number of nitrogens with one attached hydrogen (secondary N) is 1. The van der Waals surface area contributed by atoms with Crippen LogP contribution in [0.5, 0.6) is 0 Å². The Kier molecular flexibility index (Phi) is 5.58. The molecule has 19 heavy (non-hydrogen) atoms. The van der Waals surface area contributed by atoms with Crippen molar-refractivity contribution in [1.29, 1.82) is 0 Å². The van der Waals surface area contributed by atoms with E-state index in [1.807, 2.05) is 20.8 Å². The van der Waals surface area contributed by atoms with Crippen LogP contribution in [-0.4, -0.2) is 19.9 Å². The third kappa shape index (κ3) is 4.06. The quantitative estimate of drug-likeness (QED) is 0.591. The molecule has 5 nitrogen and oxygen atoms in total. The number of aryl methyl sites for hydroxylation is 2. The number of furan rings is 1. The van der Waals surface area contributed by atoms with Crippen molar-refractivity contribution in [2.45, 2.75) is 46.6 Å². The first-order valence-electron chi connectivity index (χ1n) is 6.55. The maximum absolute atomic E-state index is 11.5. The lowest BCUT2D eigenvalue weighted by molar-refractivity contribution is 0.471. The van der Waals surface area contributed by atoms with Gasteiger partial charge in [-0.3, -0.25) is 11.3 Å². The fourth-order valence-electron chi connectivity index (χ4n) is 2.28. The summed E-state index contributed by atoms with van der Waals surface area (Å²) in [6.07, 6.45) is 1.27. The molecule has 0 fully saturated rings. The Bertz CT molecular complexity index is 520. The molecule has 0 amide bonds. The maximum Gasteiger partial charge on any atom is 0.150 e. The summed E-state index contributed by atoms with van der Waals surface area (Å²) >= 11 is 0. The molecular weight excluding hydrogens is 264 g/mol. The van der Waals surface area contributed by atoms with E-state index in [-0.39, 0.29) is 17.5 Å². The summed E-state index contributed by atoms with van der Waals surface area (Å²) in [4.78, 5) is 0. The van der Waals surface area contributed by atoms with E-state index in [9.17, 15) is 8.42 Å². The molecule has 0 saturated heterocycles. The lowest BCUT2D eigenvalue weighted by Gasteiger charge is -2.16. The molecule has 1 aromatic rings. The van der Waals surface area contributed by atoms with E-state index in [0.717, 1.165) is 22.6 Å². The van der Waals surface area contributed by atoms with Crippen molar-refractivity contribution in [3.05, 3.63) is 22.6 Å². The van der Waals surface area contributed by atoms with E-state index >= 15 is 0 Å². The van der Waals surface area contributed by atoms with Gasteiger partial charge < -0.3 is 4.42 Å². The van der Waals surface area contributed by atoms with Gasteiger partial charge >= 0.3 is 0 Å². The summed E-state index contributed by atoms with van der Waals surface area (Å²) in [5.41, 5.74) is 4.89. The highest BCUT2D eigenvalue weighted by atomic mass is 32.2. The number of hydrazine groups is 1. The van der Waals surface area contributed by atoms with Crippen LogP contribution in [0, 0.1) is 20.8 Å². The van der Waals surface area contributed by atoms with Crippen LogP contribution in [0.4, 0.5) is 0 Å². The van der Waals surface area contributed by atoms with Crippen LogP contribution in [0.15, 0.2) is 4.42 Å². The highest BCUT2D eigenvalue weighted by Crippen LogP contribution is 2.29. The minimum atomic E-state index is -2.91. The lowest BCUT2D eigenvalue weighted by Crippen LogP contribution is -2.29. The van der Waals surface area contributed by atoms with E-state index in [1.54, 1.807) is 6.92 Å². The van der Waals surface area contributed by atoms with E-state index in [1.165, 1.54) is 0 Å². The SMILES string of the molecule is CCS(=O)(=O)CCCC(NN)c1c(C)oc(C)c1C. The number of hydrogen-bond donors (Lipinski definition) is 2. The topological polar surface area (TPSA) is 85.3 Å². The van der Waals surface area contributed by atoms with Gasteiger partial charge in [0.25, 0.3) is 0 Å². The second kappa shape index (κ2) is 6.54. The second-order valence-electron chi connectivity index (χ2n) is 4.85. The van der Waals surface area contributed by atoms with Gasteiger partial charge in [-0.25, -0.2) is 8.42 Å². The number of hydrogen-bond acceptors (Lipinski definition) is 5. The molecule has 1 rings (SSSR count). The Labute approximate surface area is 115 Å². The van der Waals surface area contributed by atoms with Gasteiger partial charge in [0.15, 0.2) is 0 Å². The highest BCUT2D eigenvalue weighted by Gasteiger charge is 2.20. The molecule has 0 aromatic carbocycles. The molecule has 1 heterocycles. The standard InChI is InChI=1S/C13H24N2O3S/c1-5-19(16,17)8-6-7-12(15-14)13-9(2)10(3)18-11(13)4/h12,15H,5-8,14H2,1-4H3. The van der Waals surface area contributed by atoms with Gasteiger partial charge in [0.05, 0.1) is 5.75 Å². The van der Waals surface area contributed by atoms with Crippen LogP contribution in [0.2, 0.25) is 0 Å². The molecule has 110 valence electrons. The molecule has 0 spiro atoms. The molecule has 6 heteroatoms. The fraction of sp³-hybridized carbons (Fsp3) is 0.692. The average Bonchev–Trinajstić information content (AvgIpc) is 2.60. The van der Waals surface area contributed by atoms with Gasteiger partial charge in [-0.15, -0.1) is 0 Å². The van der Waals surface area contributed by atoms with Gasteiger partial charge in [-0.2, -0.15) is 0 Å². The molecule has 0 aliphatic carbocycles. The van der Waals surface area contributed by atoms with Gasteiger partial charge in [0.2, 0.25) is 0 Å². The van der Waals surface area contributed by atoms with Crippen LogP contribution in [0.25, 0.3) is 0 Å². The molecule has 0 bridgehead atoms. The normalized spacial score (nSPS) is 13.7. The zero-order valence-electron chi connectivity index (χ0n) is 12.1. The Balaban J connectivity index is 2.74. The van der Waals surface area contributed by atoms with Gasteiger partial charge in [0, 0.05) is 17.4 Å². The Morgan fingerprint density at radius 1 is 1.26 bits per heavy atom. The number of nitrogens with two attached hydrogens (primary N) is 1. The molecule has 0 radical (unpaired) electrons. The molecule has 0 aliphatic rings. The van der Waals surface area contributed by atoms with Crippen LogP contribution in [0.3, 0.4) is 0 Å². The van der Waals surface area contributed by atoms with Crippen LogP contribution >= 0.6 is 0 Å². The van der Waals surface area contributed by atoms with Gasteiger partial charge in [-0.05, 0) is 39.2 Å². The molecule has 0 saturated carbocycles. The molecule has 1 aromatic heterocycles. The Morgan fingerprint density at radius 2 is 1.89 bits per heavy atom. The van der Waals surface area contributed by atoms with Crippen LogP contribution in [0.1, 0.15) is 48.5 Å². The van der Waals surface area contributed by atoms with E-state index in [0.29, 0.717) is 12.8 Å². The monoisotopic (exact) mass is 288 g/mol. The van der Waals surface area contributed by atoms with E-state index in [4.69, 9.17) is 10.3 Å². The first kappa shape index (κ1) is 16.2. The lowest BCUT2D eigenvalue weighted by atomic mass is 9.99. The molecular formula is C13H24N2O3S. The summed E-state index contributed by atoms with van der Waals surface area (Å²) in [5, 5.41) is 0. The second-order valence-corrected chi connectivity index (χ2v) is 7.32. The highest BCUT2D eigenvalue weighted by molar-refractivity contribution is 7.91. The smallest absolute Gasteiger partial charge is 0.150 e. The zero-order chi connectivity index (χ0) is 14.6. The summed E-state index contributed by atoms with van der Waals surface area (Å²) < 4.78 is 28.5. The van der Waals surface area contributed by atoms with E-state index in [2.05, 4.69) is 5.43 Å². The van der Waals surface area contributed by atoms with Crippen molar-refractivity contribution in [2.75, 3.05) is 11.5 Å². The Hall–Kier alpha value is -0.850. The Morgan fingerprint density at radius 3 is 2.32 bits per heavy atom. The fourth-order valence-corrected chi connectivity index (χ4v) is 3.18. The number of rotatable bonds is 7. The van der Waals surface area contributed by atoms with Crippen molar-refractivity contribution >= 4 is 9.84 Å². The first-order valence-corrected chi connectivity index (χ1v) is 8.37.